The fraction of sp³-hybridized carbons (Fsp3) is 0.114. The molecular weight excluding hydrogens is 572 g/mol. The summed E-state index contributed by atoms with van der Waals surface area (Å²) in [6.45, 7) is 12.2. The average Bonchev–Trinajstić information content (AvgIpc) is 3.09. The lowest BCUT2D eigenvalue weighted by molar-refractivity contribution is 0.427. The number of nitriles is 1. The molecule has 1 aliphatic heterocycles. The largest absolute Gasteiger partial charge is 0.462 e. The summed E-state index contributed by atoms with van der Waals surface area (Å²) in [4.78, 5) is 2.41. The highest BCUT2D eigenvalue weighted by Crippen LogP contribution is 2.52. The maximum atomic E-state index is 9.28. The van der Waals surface area contributed by atoms with Crippen molar-refractivity contribution in [2.24, 2.45) is 0 Å². The van der Waals surface area contributed by atoms with Gasteiger partial charge in [0.25, 0.3) is 0 Å². The third-order valence-electron chi connectivity index (χ3n) is 9.22. The Hall–Kier alpha value is -5.85. The van der Waals surface area contributed by atoms with Crippen LogP contribution in [0.15, 0.2) is 146 Å². The van der Waals surface area contributed by atoms with E-state index in [1.807, 2.05) is 50.2 Å². The smallest absolute Gasteiger partial charge is 0.129 e. The van der Waals surface area contributed by atoms with Gasteiger partial charge in [-0.2, -0.15) is 5.26 Å². The Morgan fingerprint density at radius 2 is 1.19 bits per heavy atom. The number of anilines is 3. The topological polar surface area (TPSA) is 36.3 Å². The summed E-state index contributed by atoms with van der Waals surface area (Å²) >= 11 is 0. The first-order valence-electron chi connectivity index (χ1n) is 15.9. The van der Waals surface area contributed by atoms with Gasteiger partial charge in [-0.15, -0.1) is 0 Å². The second-order valence-electron chi connectivity index (χ2n) is 12.7. The van der Waals surface area contributed by atoms with Crippen LogP contribution in [0.2, 0.25) is 0 Å². The molecule has 3 nitrogen and oxygen atoms in total. The molecule has 7 aromatic rings. The van der Waals surface area contributed by atoms with Crippen molar-refractivity contribution < 1.29 is 4.74 Å². The Morgan fingerprint density at radius 1 is 0.660 bits per heavy atom. The number of nitrogens with zero attached hydrogens (tertiary/aromatic N) is 2. The fourth-order valence-corrected chi connectivity index (χ4v) is 6.89. The molecule has 0 radical (unpaired) electrons. The SMILES string of the molecule is C=C(C)Oc1ccccc1C.CC1(C)c2ccccc2N(c2ccc3c(ccc4c5ccc(C#N)cc5ccc34)c2)c2ccccc21. The number of hydrogen-bond acceptors (Lipinski definition) is 3. The van der Waals surface area contributed by atoms with E-state index in [4.69, 9.17) is 4.74 Å². The monoisotopic (exact) mass is 608 g/mol. The van der Waals surface area contributed by atoms with Gasteiger partial charge in [0.15, 0.2) is 0 Å². The highest BCUT2D eigenvalue weighted by atomic mass is 16.5. The Labute approximate surface area is 276 Å². The zero-order chi connectivity index (χ0) is 32.7. The van der Waals surface area contributed by atoms with Crippen LogP contribution in [0.1, 0.15) is 43.0 Å². The molecule has 8 rings (SSSR count). The number of ether oxygens (including phenoxy) is 1. The quantitative estimate of drug-likeness (QED) is 0.148. The minimum absolute atomic E-state index is 0.0663. The molecule has 0 saturated heterocycles. The molecule has 0 aromatic heterocycles. The number of para-hydroxylation sites is 3. The van der Waals surface area contributed by atoms with Crippen molar-refractivity contribution in [1.29, 1.82) is 5.26 Å². The van der Waals surface area contributed by atoms with Crippen molar-refractivity contribution >= 4 is 49.4 Å². The summed E-state index contributed by atoms with van der Waals surface area (Å²) in [5.74, 6) is 1.61. The van der Waals surface area contributed by atoms with Crippen molar-refractivity contribution in [2.45, 2.75) is 33.1 Å². The van der Waals surface area contributed by atoms with Gasteiger partial charge in [-0.3, -0.25) is 0 Å². The second kappa shape index (κ2) is 11.8. The van der Waals surface area contributed by atoms with Gasteiger partial charge in [-0.05, 0) is 105 Å². The zero-order valence-corrected chi connectivity index (χ0v) is 27.2. The summed E-state index contributed by atoms with van der Waals surface area (Å²) < 4.78 is 5.35. The molecule has 7 aromatic carbocycles. The Kier molecular flexibility index (Phi) is 7.51. The highest BCUT2D eigenvalue weighted by molar-refractivity contribution is 6.17. The summed E-state index contributed by atoms with van der Waals surface area (Å²) in [5.41, 5.74) is 8.07. The number of hydrogen-bond donors (Lipinski definition) is 0. The van der Waals surface area contributed by atoms with Crippen molar-refractivity contribution in [1.82, 2.24) is 0 Å². The molecule has 0 amide bonds. The molecule has 3 heteroatoms. The molecule has 1 aliphatic rings. The lowest BCUT2D eigenvalue weighted by Gasteiger charge is -2.42. The fourth-order valence-electron chi connectivity index (χ4n) is 6.89. The van der Waals surface area contributed by atoms with Gasteiger partial charge in [0, 0.05) is 11.1 Å². The molecule has 0 fully saturated rings. The normalized spacial score (nSPS) is 12.9. The third kappa shape index (κ3) is 5.29. The lowest BCUT2D eigenvalue weighted by Crippen LogP contribution is -2.30. The van der Waals surface area contributed by atoms with Gasteiger partial charge in [0.1, 0.15) is 5.75 Å². The molecule has 47 heavy (non-hydrogen) atoms. The molecule has 0 saturated carbocycles. The van der Waals surface area contributed by atoms with E-state index >= 15 is 0 Å². The van der Waals surface area contributed by atoms with Crippen LogP contribution in [0.4, 0.5) is 17.1 Å². The summed E-state index contributed by atoms with van der Waals surface area (Å²) in [6.07, 6.45) is 0. The van der Waals surface area contributed by atoms with Crippen LogP contribution in [-0.2, 0) is 5.41 Å². The second-order valence-corrected chi connectivity index (χ2v) is 12.7. The van der Waals surface area contributed by atoms with E-state index in [2.05, 4.69) is 128 Å². The highest BCUT2D eigenvalue weighted by Gasteiger charge is 2.36. The Morgan fingerprint density at radius 3 is 1.79 bits per heavy atom. The van der Waals surface area contributed by atoms with Gasteiger partial charge in [0.2, 0.25) is 0 Å². The van der Waals surface area contributed by atoms with Crippen LogP contribution in [0.25, 0.3) is 32.3 Å². The van der Waals surface area contributed by atoms with Gasteiger partial charge in [0.05, 0.1) is 28.8 Å². The molecule has 0 N–H and O–H groups in total. The van der Waals surface area contributed by atoms with Crippen LogP contribution in [0, 0.1) is 18.3 Å². The Bertz CT molecular complexity index is 2330. The van der Waals surface area contributed by atoms with E-state index in [0.717, 1.165) is 28.1 Å². The number of benzene rings is 7. The number of rotatable bonds is 3. The molecule has 0 bridgehead atoms. The average molecular weight is 609 g/mol. The standard InChI is InChI=1S/C34H24N2.C10H12O/c1-34(2)30-7-3-5-9-32(30)36(33-10-6-4-8-31(33)34)25-14-18-27-24(20-25)13-17-28-26-15-11-22(21-35)19-23(26)12-16-29(27)28;1-8(2)11-10-7-5-4-6-9(10)3/h3-20H,1-2H3;4-7H,1H2,2-3H3. The summed E-state index contributed by atoms with van der Waals surface area (Å²) in [7, 11) is 0. The Balaban J connectivity index is 0.000000273. The first-order chi connectivity index (χ1) is 22.8. The van der Waals surface area contributed by atoms with E-state index in [-0.39, 0.29) is 5.41 Å². The predicted octanol–water partition coefficient (Wildman–Crippen LogP) is 12.0. The minimum atomic E-state index is -0.0663. The molecule has 228 valence electrons. The van der Waals surface area contributed by atoms with E-state index in [1.54, 1.807) is 0 Å². The van der Waals surface area contributed by atoms with E-state index in [9.17, 15) is 5.26 Å². The third-order valence-corrected chi connectivity index (χ3v) is 9.22. The summed E-state index contributed by atoms with van der Waals surface area (Å²) in [5, 5.41) is 16.5. The number of allylic oxidation sites excluding steroid dienone is 1. The van der Waals surface area contributed by atoms with Gasteiger partial charge < -0.3 is 9.64 Å². The maximum Gasteiger partial charge on any atom is 0.129 e. The minimum Gasteiger partial charge on any atom is -0.462 e. The molecular formula is C44H36N2O. The molecule has 0 aliphatic carbocycles. The van der Waals surface area contributed by atoms with Crippen LogP contribution in [-0.4, -0.2) is 0 Å². The molecule has 0 spiro atoms. The maximum absolute atomic E-state index is 9.28. The van der Waals surface area contributed by atoms with E-state index < -0.39 is 0 Å². The van der Waals surface area contributed by atoms with Crippen LogP contribution in [0.3, 0.4) is 0 Å². The number of fused-ring (bicyclic) bond motifs is 7. The summed E-state index contributed by atoms with van der Waals surface area (Å²) in [6, 6.07) is 49.2. The van der Waals surface area contributed by atoms with Gasteiger partial charge in [-0.25, -0.2) is 0 Å². The lowest BCUT2D eigenvalue weighted by atomic mass is 9.73. The molecule has 0 unspecified atom stereocenters. The van der Waals surface area contributed by atoms with Gasteiger partial charge in [-0.1, -0.05) is 111 Å². The zero-order valence-electron chi connectivity index (χ0n) is 27.2. The van der Waals surface area contributed by atoms with Crippen molar-refractivity contribution in [3.63, 3.8) is 0 Å². The first-order valence-corrected chi connectivity index (χ1v) is 15.9. The van der Waals surface area contributed by atoms with Crippen molar-refractivity contribution in [3.8, 4) is 11.8 Å². The van der Waals surface area contributed by atoms with E-state index in [1.165, 1.54) is 49.4 Å². The van der Waals surface area contributed by atoms with Crippen LogP contribution < -0.4 is 9.64 Å². The predicted molar refractivity (Wildman–Crippen MR) is 197 cm³/mol. The van der Waals surface area contributed by atoms with Crippen molar-refractivity contribution in [3.05, 3.63) is 168 Å². The molecule has 0 atom stereocenters. The number of aryl methyl sites for hydroxylation is 1. The van der Waals surface area contributed by atoms with E-state index in [0.29, 0.717) is 5.56 Å². The first kappa shape index (κ1) is 29.8. The van der Waals surface area contributed by atoms with Crippen LogP contribution >= 0.6 is 0 Å². The van der Waals surface area contributed by atoms with Gasteiger partial charge >= 0.3 is 0 Å². The van der Waals surface area contributed by atoms with Crippen LogP contribution in [0.5, 0.6) is 5.75 Å². The van der Waals surface area contributed by atoms with Crippen molar-refractivity contribution in [2.75, 3.05) is 4.90 Å². The molecule has 1 heterocycles.